The molecule has 112 valence electrons. The number of rotatable bonds is 4. The third kappa shape index (κ3) is 3.84. The van der Waals surface area contributed by atoms with E-state index in [9.17, 15) is 9.59 Å². The van der Waals surface area contributed by atoms with Crippen LogP contribution in [0.4, 0.5) is 0 Å². The third-order valence-corrected chi connectivity index (χ3v) is 3.55. The van der Waals surface area contributed by atoms with Crippen LogP contribution in [0.25, 0.3) is 6.08 Å². The summed E-state index contributed by atoms with van der Waals surface area (Å²) in [6.07, 6.45) is 3.93. The first-order valence-corrected chi connectivity index (χ1v) is 6.83. The molecule has 1 aliphatic heterocycles. The molecule has 0 spiro atoms. The van der Waals surface area contributed by atoms with E-state index in [0.29, 0.717) is 19.5 Å². The molecule has 1 unspecified atom stereocenters. The van der Waals surface area contributed by atoms with E-state index in [2.05, 4.69) is 0 Å². The summed E-state index contributed by atoms with van der Waals surface area (Å²) in [4.78, 5) is 25.2. The molecule has 1 aliphatic rings. The molecule has 5 heteroatoms. The van der Waals surface area contributed by atoms with E-state index in [0.717, 1.165) is 11.3 Å². The SMILES string of the molecule is COC(=O)C1CCN(C(=O)/C=C/c2cccc(OC)c2)C1. The van der Waals surface area contributed by atoms with Crippen LogP contribution in [0.15, 0.2) is 30.3 Å². The number of carbonyl (C=O) groups is 2. The van der Waals surface area contributed by atoms with Crippen LogP contribution in [0.1, 0.15) is 12.0 Å². The predicted molar refractivity (Wildman–Crippen MR) is 78.7 cm³/mol. The van der Waals surface area contributed by atoms with Crippen LogP contribution in [0.5, 0.6) is 5.75 Å². The standard InChI is InChI=1S/C16H19NO4/c1-20-14-5-3-4-12(10-14)6-7-15(18)17-9-8-13(11-17)16(19)21-2/h3-7,10,13H,8-9,11H2,1-2H3/b7-6+. The van der Waals surface area contributed by atoms with Crippen LogP contribution in [-0.4, -0.2) is 44.1 Å². The highest BCUT2D eigenvalue weighted by molar-refractivity contribution is 5.92. The monoisotopic (exact) mass is 289 g/mol. The van der Waals surface area contributed by atoms with Crippen molar-refractivity contribution in [1.82, 2.24) is 4.90 Å². The predicted octanol–water partition coefficient (Wildman–Crippen LogP) is 1.73. The molecule has 1 aromatic rings. The van der Waals surface area contributed by atoms with Gasteiger partial charge in [-0.1, -0.05) is 12.1 Å². The van der Waals surface area contributed by atoms with Crippen molar-refractivity contribution in [3.63, 3.8) is 0 Å². The average Bonchev–Trinajstić information content (AvgIpc) is 3.02. The second kappa shape index (κ2) is 6.92. The number of benzene rings is 1. The van der Waals surface area contributed by atoms with Crippen molar-refractivity contribution in [2.45, 2.75) is 6.42 Å². The van der Waals surface area contributed by atoms with Crippen molar-refractivity contribution in [2.75, 3.05) is 27.3 Å². The van der Waals surface area contributed by atoms with Crippen LogP contribution in [-0.2, 0) is 14.3 Å². The highest BCUT2D eigenvalue weighted by Gasteiger charge is 2.30. The Kier molecular flexibility index (Phi) is 4.98. The van der Waals surface area contributed by atoms with Gasteiger partial charge in [-0.05, 0) is 30.2 Å². The van der Waals surface area contributed by atoms with Gasteiger partial charge in [0.15, 0.2) is 0 Å². The van der Waals surface area contributed by atoms with Gasteiger partial charge in [0.2, 0.25) is 5.91 Å². The average molecular weight is 289 g/mol. The van der Waals surface area contributed by atoms with Gasteiger partial charge in [-0.2, -0.15) is 0 Å². The lowest BCUT2D eigenvalue weighted by Crippen LogP contribution is -2.28. The Hall–Kier alpha value is -2.30. The van der Waals surface area contributed by atoms with Crippen molar-refractivity contribution >= 4 is 18.0 Å². The van der Waals surface area contributed by atoms with E-state index in [1.807, 2.05) is 24.3 Å². The highest BCUT2D eigenvalue weighted by Crippen LogP contribution is 2.18. The molecule has 0 N–H and O–H groups in total. The van der Waals surface area contributed by atoms with Crippen LogP contribution in [0, 0.1) is 5.92 Å². The Labute approximate surface area is 124 Å². The third-order valence-electron chi connectivity index (χ3n) is 3.55. The Morgan fingerprint density at radius 1 is 1.33 bits per heavy atom. The molecule has 0 bridgehead atoms. The topological polar surface area (TPSA) is 55.8 Å². The fourth-order valence-corrected chi connectivity index (χ4v) is 2.34. The van der Waals surface area contributed by atoms with Gasteiger partial charge in [0.25, 0.3) is 0 Å². The van der Waals surface area contributed by atoms with Crippen molar-refractivity contribution in [3.05, 3.63) is 35.9 Å². The number of likely N-dealkylation sites (tertiary alicyclic amines) is 1. The summed E-state index contributed by atoms with van der Waals surface area (Å²) in [5.41, 5.74) is 0.895. The number of methoxy groups -OCH3 is 2. The van der Waals surface area contributed by atoms with E-state index in [-0.39, 0.29) is 17.8 Å². The van der Waals surface area contributed by atoms with E-state index in [1.165, 1.54) is 13.2 Å². The lowest BCUT2D eigenvalue weighted by Gasteiger charge is -2.13. The first kappa shape index (κ1) is 15.1. The van der Waals surface area contributed by atoms with E-state index >= 15 is 0 Å². The summed E-state index contributed by atoms with van der Waals surface area (Å²) in [7, 11) is 2.97. The molecule has 0 radical (unpaired) electrons. The van der Waals surface area contributed by atoms with E-state index < -0.39 is 0 Å². The summed E-state index contributed by atoms with van der Waals surface area (Å²) in [5.74, 6) is 0.201. The Morgan fingerprint density at radius 3 is 2.86 bits per heavy atom. The van der Waals surface area contributed by atoms with Crippen LogP contribution in [0.2, 0.25) is 0 Å². The minimum Gasteiger partial charge on any atom is -0.497 e. The number of carbonyl (C=O) groups excluding carboxylic acids is 2. The Balaban J connectivity index is 1.95. The lowest BCUT2D eigenvalue weighted by atomic mass is 10.1. The largest absolute Gasteiger partial charge is 0.497 e. The molecule has 1 aromatic carbocycles. The molecule has 0 aliphatic carbocycles. The van der Waals surface area contributed by atoms with E-state index in [4.69, 9.17) is 9.47 Å². The maximum Gasteiger partial charge on any atom is 0.310 e. The quantitative estimate of drug-likeness (QED) is 0.626. The second-order valence-corrected chi connectivity index (χ2v) is 4.90. The van der Waals surface area contributed by atoms with Gasteiger partial charge < -0.3 is 14.4 Å². The van der Waals surface area contributed by atoms with Crippen molar-refractivity contribution in [3.8, 4) is 5.75 Å². The molecule has 1 amide bonds. The van der Waals surface area contributed by atoms with Gasteiger partial charge in [-0.25, -0.2) is 0 Å². The summed E-state index contributed by atoms with van der Waals surface area (Å²) in [6, 6.07) is 7.46. The number of ether oxygens (including phenoxy) is 2. The smallest absolute Gasteiger partial charge is 0.310 e. The number of amides is 1. The van der Waals surface area contributed by atoms with Crippen molar-refractivity contribution in [2.24, 2.45) is 5.92 Å². The van der Waals surface area contributed by atoms with Gasteiger partial charge >= 0.3 is 5.97 Å². The van der Waals surface area contributed by atoms with Crippen LogP contribution < -0.4 is 4.74 Å². The molecule has 1 fully saturated rings. The normalized spacial score (nSPS) is 18.0. The van der Waals surface area contributed by atoms with Crippen LogP contribution in [0.3, 0.4) is 0 Å². The number of nitrogens with zero attached hydrogens (tertiary/aromatic N) is 1. The lowest BCUT2D eigenvalue weighted by molar-refractivity contribution is -0.145. The summed E-state index contributed by atoms with van der Waals surface area (Å²) < 4.78 is 9.84. The zero-order valence-electron chi connectivity index (χ0n) is 12.2. The van der Waals surface area contributed by atoms with E-state index in [1.54, 1.807) is 18.1 Å². The molecule has 0 saturated carbocycles. The minimum absolute atomic E-state index is 0.0933. The molecule has 5 nitrogen and oxygen atoms in total. The highest BCUT2D eigenvalue weighted by atomic mass is 16.5. The summed E-state index contributed by atoms with van der Waals surface area (Å²) in [6.45, 7) is 1.01. The van der Waals surface area contributed by atoms with Crippen molar-refractivity contribution in [1.29, 1.82) is 0 Å². The summed E-state index contributed by atoms with van der Waals surface area (Å²) >= 11 is 0. The molecule has 0 aromatic heterocycles. The molecule has 1 atom stereocenters. The molecule has 21 heavy (non-hydrogen) atoms. The zero-order valence-corrected chi connectivity index (χ0v) is 12.2. The maximum atomic E-state index is 12.1. The van der Waals surface area contributed by atoms with Gasteiger partial charge in [-0.15, -0.1) is 0 Å². The van der Waals surface area contributed by atoms with Gasteiger partial charge in [0, 0.05) is 19.2 Å². The maximum absolute atomic E-state index is 12.1. The van der Waals surface area contributed by atoms with Gasteiger partial charge in [-0.3, -0.25) is 9.59 Å². The van der Waals surface area contributed by atoms with Crippen LogP contribution >= 0.6 is 0 Å². The second-order valence-electron chi connectivity index (χ2n) is 4.90. The van der Waals surface area contributed by atoms with Gasteiger partial charge in [0.1, 0.15) is 5.75 Å². The number of hydrogen-bond donors (Lipinski definition) is 0. The Bertz CT molecular complexity index is 553. The number of hydrogen-bond acceptors (Lipinski definition) is 4. The summed E-state index contributed by atoms with van der Waals surface area (Å²) in [5, 5.41) is 0. The van der Waals surface area contributed by atoms with Crippen molar-refractivity contribution < 1.29 is 19.1 Å². The molecule has 1 saturated heterocycles. The molecular formula is C16H19NO4. The first-order chi connectivity index (χ1) is 10.1. The fourth-order valence-electron chi connectivity index (χ4n) is 2.34. The first-order valence-electron chi connectivity index (χ1n) is 6.83. The number of esters is 1. The Morgan fingerprint density at radius 2 is 2.14 bits per heavy atom. The minimum atomic E-state index is -0.248. The van der Waals surface area contributed by atoms with Gasteiger partial charge in [0.05, 0.1) is 20.1 Å². The molecule has 1 heterocycles. The molecule has 2 rings (SSSR count). The fraction of sp³-hybridized carbons (Fsp3) is 0.375. The zero-order chi connectivity index (χ0) is 15.2. The molecular weight excluding hydrogens is 270 g/mol.